The maximum absolute atomic E-state index is 12.0. The quantitative estimate of drug-likeness (QED) is 0.692. The fourth-order valence-corrected chi connectivity index (χ4v) is 5.13. The van der Waals surface area contributed by atoms with Gasteiger partial charge in [0.15, 0.2) is 11.6 Å². The van der Waals surface area contributed by atoms with Crippen LogP contribution in [0.2, 0.25) is 0 Å². The van der Waals surface area contributed by atoms with Gasteiger partial charge in [0.1, 0.15) is 0 Å². The monoisotopic (exact) mass is 430 g/mol. The van der Waals surface area contributed by atoms with Crippen LogP contribution in [0, 0.1) is 5.92 Å². The van der Waals surface area contributed by atoms with Gasteiger partial charge in [0.25, 0.3) is 0 Å². The predicted molar refractivity (Wildman–Crippen MR) is 122 cm³/mol. The number of fused-ring (bicyclic) bond motifs is 1. The minimum Gasteiger partial charge on any atom is -0.489 e. The standard InChI is InChI=1S/C24H38N4O3/c1-24(2,30)17-21(29)26-20-5-3-18(4-6-20)8-11-27-12-14-28(15-13-27)23-22-19(7-10-25-23)9-16-31-22/h7,10,18,20,30H,3-6,8-9,11-17H2,1-2H3,(H,26,29)/t18-,20-. The summed E-state index contributed by atoms with van der Waals surface area (Å²) in [5.41, 5.74) is 0.355. The molecule has 1 saturated carbocycles. The molecule has 2 aliphatic heterocycles. The molecule has 2 N–H and O–H groups in total. The number of piperazine rings is 1. The highest BCUT2D eigenvalue weighted by Crippen LogP contribution is 2.34. The Morgan fingerprint density at radius 3 is 2.68 bits per heavy atom. The Labute approximate surface area is 186 Å². The fraction of sp³-hybridized carbons (Fsp3) is 0.750. The molecular formula is C24H38N4O3. The molecule has 2 fully saturated rings. The molecule has 0 aromatic carbocycles. The highest BCUT2D eigenvalue weighted by atomic mass is 16.5. The Hall–Kier alpha value is -1.86. The number of ether oxygens (including phenoxy) is 1. The van der Waals surface area contributed by atoms with Crippen molar-refractivity contribution >= 4 is 11.7 Å². The van der Waals surface area contributed by atoms with Gasteiger partial charge >= 0.3 is 0 Å². The van der Waals surface area contributed by atoms with Crippen LogP contribution in [0.25, 0.3) is 0 Å². The van der Waals surface area contributed by atoms with E-state index in [-0.39, 0.29) is 18.4 Å². The Balaban J connectivity index is 1.15. The largest absolute Gasteiger partial charge is 0.489 e. The average Bonchev–Trinajstić information content (AvgIpc) is 3.21. The van der Waals surface area contributed by atoms with Crippen molar-refractivity contribution in [2.75, 3.05) is 44.2 Å². The summed E-state index contributed by atoms with van der Waals surface area (Å²) in [6.45, 7) is 9.46. The van der Waals surface area contributed by atoms with Crippen LogP contribution >= 0.6 is 0 Å². The van der Waals surface area contributed by atoms with Crippen molar-refractivity contribution in [1.29, 1.82) is 0 Å². The van der Waals surface area contributed by atoms with Crippen LogP contribution < -0.4 is 15.0 Å². The second-order valence-corrected chi connectivity index (χ2v) is 10.1. The molecule has 7 heteroatoms. The van der Waals surface area contributed by atoms with Crippen LogP contribution in [0.3, 0.4) is 0 Å². The first-order chi connectivity index (χ1) is 14.9. The number of nitrogens with zero attached hydrogens (tertiary/aromatic N) is 3. The van der Waals surface area contributed by atoms with E-state index in [4.69, 9.17) is 4.74 Å². The summed E-state index contributed by atoms with van der Waals surface area (Å²) >= 11 is 0. The minimum atomic E-state index is -0.936. The number of carbonyl (C=O) groups excluding carboxylic acids is 1. The van der Waals surface area contributed by atoms with Gasteiger partial charge in [-0.05, 0) is 64.5 Å². The van der Waals surface area contributed by atoms with Crippen molar-refractivity contribution in [3.8, 4) is 5.75 Å². The van der Waals surface area contributed by atoms with Gasteiger partial charge in [0.05, 0.1) is 18.6 Å². The number of pyridine rings is 1. The number of rotatable bonds is 7. The van der Waals surface area contributed by atoms with Gasteiger partial charge in [0.2, 0.25) is 5.91 Å². The number of hydrogen-bond donors (Lipinski definition) is 2. The highest BCUT2D eigenvalue weighted by Gasteiger charge is 2.27. The molecule has 172 valence electrons. The Kier molecular flexibility index (Phi) is 7.02. The zero-order valence-electron chi connectivity index (χ0n) is 19.1. The molecule has 31 heavy (non-hydrogen) atoms. The number of nitrogens with one attached hydrogen (secondary N) is 1. The van der Waals surface area contributed by atoms with Gasteiger partial charge in [0, 0.05) is 50.4 Å². The van der Waals surface area contributed by atoms with Gasteiger partial charge in [-0.15, -0.1) is 0 Å². The van der Waals surface area contributed by atoms with Gasteiger partial charge in [-0.2, -0.15) is 0 Å². The summed E-state index contributed by atoms with van der Waals surface area (Å²) < 4.78 is 5.84. The molecule has 1 aromatic rings. The topological polar surface area (TPSA) is 77.9 Å². The van der Waals surface area contributed by atoms with Crippen LogP contribution in [0.5, 0.6) is 5.75 Å². The lowest BCUT2D eigenvalue weighted by atomic mass is 9.84. The van der Waals surface area contributed by atoms with E-state index < -0.39 is 5.60 Å². The Morgan fingerprint density at radius 2 is 1.97 bits per heavy atom. The van der Waals surface area contributed by atoms with Crippen molar-refractivity contribution in [2.45, 2.75) is 70.4 Å². The zero-order chi connectivity index (χ0) is 21.8. The molecule has 7 nitrogen and oxygen atoms in total. The smallest absolute Gasteiger partial charge is 0.223 e. The SMILES string of the molecule is CC(C)(O)CC(=O)N[C@H]1CC[C@H](CCN2CCN(c3nccc4c3OCC4)CC2)CC1. The average molecular weight is 431 g/mol. The molecule has 4 rings (SSSR count). The molecule has 0 radical (unpaired) electrons. The Morgan fingerprint density at radius 1 is 1.23 bits per heavy atom. The molecule has 1 amide bonds. The van der Waals surface area contributed by atoms with E-state index in [0.717, 1.165) is 76.1 Å². The van der Waals surface area contributed by atoms with Crippen molar-refractivity contribution in [3.05, 3.63) is 17.8 Å². The van der Waals surface area contributed by atoms with Crippen LogP contribution in [0.15, 0.2) is 12.3 Å². The molecule has 1 saturated heterocycles. The first-order valence-electron chi connectivity index (χ1n) is 12.0. The second kappa shape index (κ2) is 9.74. The van der Waals surface area contributed by atoms with E-state index in [0.29, 0.717) is 0 Å². The third-order valence-corrected chi connectivity index (χ3v) is 6.92. The lowest BCUT2D eigenvalue weighted by molar-refractivity contribution is -0.125. The lowest BCUT2D eigenvalue weighted by Crippen LogP contribution is -2.47. The minimum absolute atomic E-state index is 0.0298. The second-order valence-electron chi connectivity index (χ2n) is 10.1. The molecule has 0 unspecified atom stereocenters. The summed E-state index contributed by atoms with van der Waals surface area (Å²) in [5.74, 6) is 2.76. The third-order valence-electron chi connectivity index (χ3n) is 6.92. The number of aliphatic hydroxyl groups is 1. The first-order valence-corrected chi connectivity index (χ1v) is 12.0. The summed E-state index contributed by atoms with van der Waals surface area (Å²) in [7, 11) is 0. The van der Waals surface area contributed by atoms with Gasteiger partial charge in [-0.1, -0.05) is 0 Å². The third kappa shape index (κ3) is 6.10. The predicted octanol–water partition coefficient (Wildman–Crippen LogP) is 2.36. The van der Waals surface area contributed by atoms with E-state index in [1.54, 1.807) is 13.8 Å². The van der Waals surface area contributed by atoms with Crippen molar-refractivity contribution in [3.63, 3.8) is 0 Å². The fourth-order valence-electron chi connectivity index (χ4n) is 5.13. The van der Waals surface area contributed by atoms with Crippen molar-refractivity contribution < 1.29 is 14.6 Å². The summed E-state index contributed by atoms with van der Waals surface area (Å²) in [5, 5.41) is 12.9. The van der Waals surface area contributed by atoms with Gasteiger partial charge in [-0.25, -0.2) is 4.98 Å². The first kappa shape index (κ1) is 22.3. The maximum atomic E-state index is 12.0. The molecule has 3 heterocycles. The number of amides is 1. The van der Waals surface area contributed by atoms with Gasteiger partial charge in [-0.3, -0.25) is 9.69 Å². The molecule has 3 aliphatic rings. The number of anilines is 1. The van der Waals surface area contributed by atoms with Crippen LogP contribution in [-0.2, 0) is 11.2 Å². The van der Waals surface area contributed by atoms with E-state index >= 15 is 0 Å². The number of aromatic nitrogens is 1. The van der Waals surface area contributed by atoms with E-state index in [9.17, 15) is 9.90 Å². The molecule has 0 bridgehead atoms. The summed E-state index contributed by atoms with van der Waals surface area (Å²) in [6.07, 6.45) is 8.81. The van der Waals surface area contributed by atoms with Gasteiger partial charge < -0.3 is 20.1 Å². The number of hydrogen-bond acceptors (Lipinski definition) is 6. The van der Waals surface area contributed by atoms with Crippen molar-refractivity contribution in [1.82, 2.24) is 15.2 Å². The van der Waals surface area contributed by atoms with E-state index in [1.807, 2.05) is 6.20 Å². The summed E-state index contributed by atoms with van der Waals surface area (Å²) in [6, 6.07) is 2.35. The summed E-state index contributed by atoms with van der Waals surface area (Å²) in [4.78, 5) is 21.6. The normalized spacial score (nSPS) is 24.5. The molecule has 1 aliphatic carbocycles. The number of carbonyl (C=O) groups is 1. The van der Waals surface area contributed by atoms with E-state index in [2.05, 4.69) is 26.2 Å². The van der Waals surface area contributed by atoms with E-state index in [1.165, 1.54) is 24.8 Å². The van der Waals surface area contributed by atoms with Crippen molar-refractivity contribution in [2.24, 2.45) is 5.92 Å². The lowest BCUT2D eigenvalue weighted by Gasteiger charge is -2.37. The highest BCUT2D eigenvalue weighted by molar-refractivity contribution is 5.77. The molecular weight excluding hydrogens is 392 g/mol. The molecule has 0 atom stereocenters. The molecule has 1 aromatic heterocycles. The Bertz CT molecular complexity index is 748. The maximum Gasteiger partial charge on any atom is 0.223 e. The zero-order valence-corrected chi connectivity index (χ0v) is 19.1. The molecule has 0 spiro atoms. The van der Waals surface area contributed by atoms with Crippen LogP contribution in [-0.4, -0.2) is 71.9 Å². The van der Waals surface area contributed by atoms with Crippen LogP contribution in [0.4, 0.5) is 5.82 Å². The van der Waals surface area contributed by atoms with Crippen LogP contribution in [0.1, 0.15) is 57.9 Å².